The van der Waals surface area contributed by atoms with Crippen LogP contribution in [-0.4, -0.2) is 49.3 Å². The lowest BCUT2D eigenvalue weighted by molar-refractivity contribution is -0.181. The largest absolute Gasteiger partial charge is 0.507 e. The molecule has 0 aliphatic heterocycles. The molecule has 0 saturated heterocycles. The van der Waals surface area contributed by atoms with Crippen LogP contribution < -0.4 is 4.90 Å². The van der Waals surface area contributed by atoms with Crippen LogP contribution in [0.15, 0.2) is 36.8 Å². The van der Waals surface area contributed by atoms with Gasteiger partial charge in [-0.25, -0.2) is 4.98 Å². The van der Waals surface area contributed by atoms with E-state index in [4.69, 9.17) is 0 Å². The lowest BCUT2D eigenvalue weighted by Crippen LogP contribution is -2.45. The van der Waals surface area contributed by atoms with Gasteiger partial charge in [-0.05, 0) is 36.5 Å². The van der Waals surface area contributed by atoms with Crippen LogP contribution in [0.1, 0.15) is 39.0 Å². The van der Waals surface area contributed by atoms with E-state index >= 15 is 0 Å². The second-order valence-corrected chi connectivity index (χ2v) is 9.04. The predicted molar refractivity (Wildman–Crippen MR) is 123 cm³/mol. The Morgan fingerprint density at radius 1 is 1.15 bits per heavy atom. The molecule has 0 radical (unpaired) electrons. The van der Waals surface area contributed by atoms with Crippen LogP contribution in [0.2, 0.25) is 0 Å². The van der Waals surface area contributed by atoms with Crippen molar-refractivity contribution in [2.75, 3.05) is 11.9 Å². The van der Waals surface area contributed by atoms with Gasteiger partial charge in [0.2, 0.25) is 0 Å². The van der Waals surface area contributed by atoms with Gasteiger partial charge in [0.15, 0.2) is 11.6 Å². The van der Waals surface area contributed by atoms with Gasteiger partial charge in [0, 0.05) is 31.9 Å². The van der Waals surface area contributed by atoms with Crippen LogP contribution in [0.5, 0.6) is 5.75 Å². The third-order valence-corrected chi connectivity index (χ3v) is 6.85. The molecule has 1 aliphatic carbocycles. The molecule has 4 rings (SSSR count). The zero-order valence-electron chi connectivity index (χ0n) is 19.5. The number of hydrogen-bond acceptors (Lipinski definition) is 6. The molecule has 1 fully saturated rings. The minimum absolute atomic E-state index is 0.0176. The first kappa shape index (κ1) is 24.0. The molecule has 1 saturated carbocycles. The maximum absolute atomic E-state index is 13.9. The predicted octanol–water partition coefficient (Wildman–Crippen LogP) is 5.23. The average Bonchev–Trinajstić information content (AvgIpc) is 3.11. The number of phenols is 1. The maximum Gasteiger partial charge on any atom is 0.393 e. The first-order valence-electron chi connectivity index (χ1n) is 11.5. The molecule has 0 bridgehead atoms. The number of anilines is 1. The molecule has 3 atom stereocenters. The number of alkyl halides is 3. The van der Waals surface area contributed by atoms with Crippen LogP contribution in [0.4, 0.5) is 19.0 Å². The second kappa shape index (κ2) is 9.60. The summed E-state index contributed by atoms with van der Waals surface area (Å²) in [6, 6.07) is 4.39. The van der Waals surface area contributed by atoms with Crippen molar-refractivity contribution in [2.45, 2.75) is 51.2 Å². The Morgan fingerprint density at radius 3 is 2.53 bits per heavy atom. The van der Waals surface area contributed by atoms with E-state index in [1.807, 2.05) is 26.2 Å². The standard InChI is InChI=1S/C24H29F3N6O/c1-4-15-6-5-7-19(24(25,26)27)20(10-15)33(3)22-13-28-23(31-30-22)18-9-8-16(11-21(18)34)17-12-29-32(2)14-17/h8-9,11-15,19-20,34H,4-7,10H2,1-3H3/t15-,19+,20-/m1/s1. The normalized spacial score (nSPS) is 21.3. The van der Waals surface area contributed by atoms with Gasteiger partial charge in [-0.3, -0.25) is 4.68 Å². The Hall–Kier alpha value is -3.17. The highest BCUT2D eigenvalue weighted by Gasteiger charge is 2.47. The van der Waals surface area contributed by atoms with E-state index in [0.29, 0.717) is 18.4 Å². The summed E-state index contributed by atoms with van der Waals surface area (Å²) in [6.45, 7) is 2.03. The van der Waals surface area contributed by atoms with E-state index in [1.54, 1.807) is 35.0 Å². The molecule has 0 unspecified atom stereocenters. The molecule has 10 heteroatoms. The Balaban J connectivity index is 1.57. The van der Waals surface area contributed by atoms with E-state index in [9.17, 15) is 18.3 Å². The fourth-order valence-electron chi connectivity index (χ4n) is 4.82. The summed E-state index contributed by atoms with van der Waals surface area (Å²) in [5, 5.41) is 23.0. The van der Waals surface area contributed by atoms with Gasteiger partial charge >= 0.3 is 6.18 Å². The smallest absolute Gasteiger partial charge is 0.393 e. The Labute approximate surface area is 196 Å². The summed E-state index contributed by atoms with van der Waals surface area (Å²) in [5.74, 6) is -0.705. The number of phenolic OH excluding ortho intramolecular Hbond substituents is 1. The number of rotatable bonds is 5. The summed E-state index contributed by atoms with van der Waals surface area (Å²) in [6.07, 6.45) is 3.49. The molecule has 0 spiro atoms. The van der Waals surface area contributed by atoms with Crippen LogP contribution in [-0.2, 0) is 7.05 Å². The minimum Gasteiger partial charge on any atom is -0.507 e. The van der Waals surface area contributed by atoms with Gasteiger partial charge in [0.05, 0.1) is 23.9 Å². The number of aromatic nitrogens is 5. The molecule has 3 aromatic rings. The van der Waals surface area contributed by atoms with Gasteiger partial charge in [0.25, 0.3) is 0 Å². The molecule has 1 aliphatic rings. The van der Waals surface area contributed by atoms with Crippen LogP contribution in [0, 0.1) is 11.8 Å². The second-order valence-electron chi connectivity index (χ2n) is 9.04. The number of aromatic hydroxyl groups is 1. The summed E-state index contributed by atoms with van der Waals surface area (Å²) in [5.41, 5.74) is 2.03. The molecule has 2 heterocycles. The van der Waals surface area contributed by atoms with Crippen molar-refractivity contribution in [3.8, 4) is 28.3 Å². The minimum atomic E-state index is -4.27. The lowest BCUT2D eigenvalue weighted by atomic mass is 9.89. The summed E-state index contributed by atoms with van der Waals surface area (Å²) < 4.78 is 43.2. The highest BCUT2D eigenvalue weighted by molar-refractivity contribution is 5.72. The fourth-order valence-corrected chi connectivity index (χ4v) is 4.82. The average molecular weight is 475 g/mol. The van der Waals surface area contributed by atoms with Crippen LogP contribution in [0.3, 0.4) is 0 Å². The van der Waals surface area contributed by atoms with Crippen molar-refractivity contribution < 1.29 is 18.3 Å². The van der Waals surface area contributed by atoms with Gasteiger partial charge < -0.3 is 10.0 Å². The zero-order valence-corrected chi connectivity index (χ0v) is 19.5. The van der Waals surface area contributed by atoms with Gasteiger partial charge in [-0.1, -0.05) is 32.3 Å². The van der Waals surface area contributed by atoms with Crippen LogP contribution >= 0.6 is 0 Å². The van der Waals surface area contributed by atoms with Crippen molar-refractivity contribution in [3.63, 3.8) is 0 Å². The highest BCUT2D eigenvalue weighted by atomic mass is 19.4. The Bertz CT molecular complexity index is 1110. The van der Waals surface area contributed by atoms with E-state index in [2.05, 4.69) is 20.3 Å². The third kappa shape index (κ3) is 5.00. The molecule has 1 N–H and O–H groups in total. The molecule has 2 aromatic heterocycles. The first-order chi connectivity index (χ1) is 16.2. The van der Waals surface area contributed by atoms with Gasteiger partial charge in [-0.15, -0.1) is 10.2 Å². The topological polar surface area (TPSA) is 80.0 Å². The number of nitrogens with zero attached hydrogens (tertiary/aromatic N) is 6. The summed E-state index contributed by atoms with van der Waals surface area (Å²) in [7, 11) is 3.44. The van der Waals surface area contributed by atoms with Gasteiger partial charge in [-0.2, -0.15) is 18.3 Å². The van der Waals surface area contributed by atoms with E-state index in [-0.39, 0.29) is 29.7 Å². The van der Waals surface area contributed by atoms with Crippen molar-refractivity contribution in [3.05, 3.63) is 36.8 Å². The van der Waals surface area contributed by atoms with E-state index < -0.39 is 18.1 Å². The quantitative estimate of drug-likeness (QED) is 0.510. The third-order valence-electron chi connectivity index (χ3n) is 6.85. The van der Waals surface area contributed by atoms with E-state index in [1.165, 1.54) is 6.20 Å². The first-order valence-corrected chi connectivity index (χ1v) is 11.5. The summed E-state index contributed by atoms with van der Waals surface area (Å²) >= 11 is 0. The molecular formula is C24H29F3N6O. The van der Waals surface area contributed by atoms with Gasteiger partial charge in [0.1, 0.15) is 5.75 Å². The molecule has 7 nitrogen and oxygen atoms in total. The van der Waals surface area contributed by atoms with Crippen molar-refractivity contribution in [1.29, 1.82) is 0 Å². The van der Waals surface area contributed by atoms with Crippen molar-refractivity contribution in [1.82, 2.24) is 25.0 Å². The number of aryl methyl sites for hydroxylation is 1. The number of hydrogen-bond donors (Lipinski definition) is 1. The molecule has 34 heavy (non-hydrogen) atoms. The zero-order chi connectivity index (χ0) is 24.5. The van der Waals surface area contributed by atoms with Crippen LogP contribution in [0.25, 0.3) is 22.5 Å². The monoisotopic (exact) mass is 474 g/mol. The molecular weight excluding hydrogens is 445 g/mol. The molecule has 1 aromatic carbocycles. The Kier molecular flexibility index (Phi) is 6.77. The molecule has 0 amide bonds. The molecule has 182 valence electrons. The summed E-state index contributed by atoms with van der Waals surface area (Å²) in [4.78, 5) is 5.88. The Morgan fingerprint density at radius 2 is 1.94 bits per heavy atom. The highest BCUT2D eigenvalue weighted by Crippen LogP contribution is 2.42. The maximum atomic E-state index is 13.9. The number of halogens is 3. The van der Waals surface area contributed by atoms with Crippen molar-refractivity contribution in [2.24, 2.45) is 18.9 Å². The SMILES string of the molecule is CC[C@@H]1CCC[C@H](C(F)(F)F)[C@H](N(C)c2cnc(-c3ccc(-c4cnn(C)c4)cc3O)nn2)C1. The lowest BCUT2D eigenvalue weighted by Gasteiger charge is -2.36. The number of benzene rings is 1. The van der Waals surface area contributed by atoms with Crippen molar-refractivity contribution >= 4 is 5.82 Å². The van der Waals surface area contributed by atoms with E-state index in [0.717, 1.165) is 24.0 Å². The fraction of sp³-hybridized carbons (Fsp3) is 0.500.